The van der Waals surface area contributed by atoms with Gasteiger partial charge in [0.1, 0.15) is 5.75 Å². The molecule has 1 aromatic carbocycles. The smallest absolute Gasteiger partial charge is 0.317 e. The summed E-state index contributed by atoms with van der Waals surface area (Å²) in [6, 6.07) is 7.98. The third kappa shape index (κ3) is 5.21. The summed E-state index contributed by atoms with van der Waals surface area (Å²) in [6.45, 7) is 8.92. The van der Waals surface area contributed by atoms with Crippen LogP contribution in [0.3, 0.4) is 0 Å². The van der Waals surface area contributed by atoms with Gasteiger partial charge < -0.3 is 9.84 Å². The van der Waals surface area contributed by atoms with Gasteiger partial charge in [0.25, 0.3) is 0 Å². The van der Waals surface area contributed by atoms with Crippen LogP contribution in [0.4, 0.5) is 0 Å². The summed E-state index contributed by atoms with van der Waals surface area (Å²) in [5.74, 6) is 0.0567. The molecule has 0 amide bonds. The summed E-state index contributed by atoms with van der Waals surface area (Å²) in [4.78, 5) is 12.9. The summed E-state index contributed by atoms with van der Waals surface area (Å²) in [6.07, 6.45) is 1.09. The molecule has 0 aliphatic carbocycles. The van der Waals surface area contributed by atoms with Gasteiger partial charge in [-0.3, -0.25) is 9.69 Å². The highest BCUT2D eigenvalue weighted by molar-refractivity contribution is 5.69. The molecule has 0 aromatic heterocycles. The number of ether oxygens (including phenoxy) is 1. The molecule has 112 valence electrons. The highest BCUT2D eigenvalue weighted by Crippen LogP contribution is 2.23. The van der Waals surface area contributed by atoms with Crippen LogP contribution in [0.5, 0.6) is 5.75 Å². The molecule has 0 fully saturated rings. The van der Waals surface area contributed by atoms with Crippen molar-refractivity contribution in [2.24, 2.45) is 0 Å². The van der Waals surface area contributed by atoms with Crippen molar-refractivity contribution in [3.63, 3.8) is 0 Å². The van der Waals surface area contributed by atoms with Crippen LogP contribution < -0.4 is 4.74 Å². The fourth-order valence-corrected chi connectivity index (χ4v) is 2.18. The number of rotatable bonds is 8. The van der Waals surface area contributed by atoms with E-state index < -0.39 is 5.97 Å². The molecule has 0 aliphatic rings. The molecule has 0 aliphatic heterocycles. The molecule has 1 atom stereocenters. The molecule has 4 heteroatoms. The van der Waals surface area contributed by atoms with E-state index in [1.807, 2.05) is 49.9 Å². The molecule has 0 heterocycles. The maximum Gasteiger partial charge on any atom is 0.317 e. The maximum absolute atomic E-state index is 10.9. The average molecular weight is 279 g/mol. The molecule has 1 N–H and O–H groups in total. The first-order valence-electron chi connectivity index (χ1n) is 7.16. The fourth-order valence-electron chi connectivity index (χ4n) is 2.18. The Kier molecular flexibility index (Phi) is 6.52. The second kappa shape index (κ2) is 7.90. The van der Waals surface area contributed by atoms with Crippen molar-refractivity contribution in [3.05, 3.63) is 29.8 Å². The monoisotopic (exact) mass is 279 g/mol. The zero-order chi connectivity index (χ0) is 15.1. The van der Waals surface area contributed by atoms with Gasteiger partial charge in [-0.25, -0.2) is 0 Å². The van der Waals surface area contributed by atoms with Gasteiger partial charge in [-0.1, -0.05) is 19.1 Å². The van der Waals surface area contributed by atoms with Crippen LogP contribution in [0.2, 0.25) is 0 Å². The van der Waals surface area contributed by atoms with Crippen molar-refractivity contribution >= 4 is 5.97 Å². The molecule has 4 nitrogen and oxygen atoms in total. The number of hydrogen-bond acceptors (Lipinski definition) is 3. The lowest BCUT2D eigenvalue weighted by Crippen LogP contribution is -2.33. The van der Waals surface area contributed by atoms with E-state index in [1.54, 1.807) is 0 Å². The van der Waals surface area contributed by atoms with Crippen molar-refractivity contribution < 1.29 is 14.6 Å². The largest absolute Gasteiger partial charge is 0.491 e. The quantitative estimate of drug-likeness (QED) is 0.793. The fraction of sp³-hybridized carbons (Fsp3) is 0.562. The second-order valence-electron chi connectivity index (χ2n) is 5.28. The second-order valence-corrected chi connectivity index (χ2v) is 5.28. The van der Waals surface area contributed by atoms with Gasteiger partial charge in [0, 0.05) is 6.04 Å². The summed E-state index contributed by atoms with van der Waals surface area (Å²) in [5, 5.41) is 8.99. The van der Waals surface area contributed by atoms with Crippen molar-refractivity contribution in [2.45, 2.75) is 46.3 Å². The third-order valence-electron chi connectivity index (χ3n) is 3.13. The molecular weight excluding hydrogens is 254 g/mol. The lowest BCUT2D eigenvalue weighted by Gasteiger charge is -2.27. The maximum atomic E-state index is 10.9. The van der Waals surface area contributed by atoms with Gasteiger partial charge in [0.15, 0.2) is 0 Å². The first-order valence-corrected chi connectivity index (χ1v) is 7.16. The molecule has 1 rings (SSSR count). The van der Waals surface area contributed by atoms with Crippen LogP contribution in [-0.2, 0) is 4.79 Å². The Morgan fingerprint density at radius 1 is 1.25 bits per heavy atom. The number of nitrogens with zero attached hydrogens (tertiary/aromatic N) is 1. The Morgan fingerprint density at radius 2 is 1.85 bits per heavy atom. The van der Waals surface area contributed by atoms with Gasteiger partial charge in [-0.2, -0.15) is 0 Å². The molecule has 20 heavy (non-hydrogen) atoms. The van der Waals surface area contributed by atoms with Crippen LogP contribution in [0.1, 0.15) is 45.7 Å². The lowest BCUT2D eigenvalue weighted by atomic mass is 10.1. The van der Waals surface area contributed by atoms with Gasteiger partial charge in [0.2, 0.25) is 0 Å². The molecule has 0 bridgehead atoms. The lowest BCUT2D eigenvalue weighted by molar-refractivity contribution is -0.138. The number of aliphatic carboxylic acids is 1. The van der Waals surface area contributed by atoms with E-state index in [2.05, 4.69) is 6.92 Å². The third-order valence-corrected chi connectivity index (χ3v) is 3.13. The first-order chi connectivity index (χ1) is 9.43. The Balaban J connectivity index is 2.77. The number of hydrogen-bond donors (Lipinski definition) is 1. The Labute approximate surface area is 121 Å². The number of carbonyl (C=O) groups is 1. The normalized spacial score (nSPS) is 12.7. The number of benzene rings is 1. The number of carboxylic acids is 1. The van der Waals surface area contributed by atoms with Gasteiger partial charge in [-0.15, -0.1) is 0 Å². The summed E-state index contributed by atoms with van der Waals surface area (Å²) < 4.78 is 5.61. The summed E-state index contributed by atoms with van der Waals surface area (Å²) >= 11 is 0. The molecule has 0 spiro atoms. The Morgan fingerprint density at radius 3 is 2.30 bits per heavy atom. The highest BCUT2D eigenvalue weighted by atomic mass is 16.5. The van der Waals surface area contributed by atoms with E-state index in [-0.39, 0.29) is 18.7 Å². The standard InChI is InChI=1S/C16H25NO3/c1-5-10-17(11-16(18)19)13(4)14-6-8-15(9-7-14)20-12(2)3/h6-9,12-13H,5,10-11H2,1-4H3,(H,18,19). The minimum Gasteiger partial charge on any atom is -0.491 e. The summed E-state index contributed by atoms with van der Waals surface area (Å²) in [7, 11) is 0. The number of carboxylic acid groups (broad SMARTS) is 1. The first kappa shape index (κ1) is 16.5. The van der Waals surface area contributed by atoms with E-state index in [0.717, 1.165) is 24.3 Å². The molecule has 0 saturated heterocycles. The predicted molar refractivity (Wildman–Crippen MR) is 80.1 cm³/mol. The average Bonchev–Trinajstić information content (AvgIpc) is 2.37. The van der Waals surface area contributed by atoms with Crippen molar-refractivity contribution in [2.75, 3.05) is 13.1 Å². The van der Waals surface area contributed by atoms with E-state index in [0.29, 0.717) is 0 Å². The van der Waals surface area contributed by atoms with Gasteiger partial charge >= 0.3 is 5.97 Å². The highest BCUT2D eigenvalue weighted by Gasteiger charge is 2.17. The van der Waals surface area contributed by atoms with Gasteiger partial charge in [-0.05, 0) is 51.4 Å². The van der Waals surface area contributed by atoms with Crippen LogP contribution in [0, 0.1) is 0 Å². The van der Waals surface area contributed by atoms with E-state index in [4.69, 9.17) is 9.84 Å². The van der Waals surface area contributed by atoms with E-state index >= 15 is 0 Å². The molecular formula is C16H25NO3. The molecule has 1 unspecified atom stereocenters. The van der Waals surface area contributed by atoms with Crippen LogP contribution in [0.25, 0.3) is 0 Å². The van der Waals surface area contributed by atoms with Crippen LogP contribution in [-0.4, -0.2) is 35.2 Å². The van der Waals surface area contributed by atoms with E-state index in [9.17, 15) is 4.79 Å². The minimum absolute atomic E-state index is 0.0687. The Bertz CT molecular complexity index is 414. The molecule has 1 aromatic rings. The zero-order valence-corrected chi connectivity index (χ0v) is 12.8. The van der Waals surface area contributed by atoms with Crippen molar-refractivity contribution in [3.8, 4) is 5.75 Å². The van der Waals surface area contributed by atoms with Crippen molar-refractivity contribution in [1.82, 2.24) is 4.90 Å². The van der Waals surface area contributed by atoms with Crippen LogP contribution in [0.15, 0.2) is 24.3 Å². The van der Waals surface area contributed by atoms with Crippen LogP contribution >= 0.6 is 0 Å². The molecule has 0 saturated carbocycles. The molecule has 0 radical (unpaired) electrons. The van der Waals surface area contributed by atoms with Gasteiger partial charge in [0.05, 0.1) is 12.6 Å². The minimum atomic E-state index is -0.787. The zero-order valence-electron chi connectivity index (χ0n) is 12.8. The predicted octanol–water partition coefficient (Wildman–Crippen LogP) is 3.33. The SMILES string of the molecule is CCCN(CC(=O)O)C(C)c1ccc(OC(C)C)cc1. The van der Waals surface area contributed by atoms with Crippen molar-refractivity contribution in [1.29, 1.82) is 0 Å². The summed E-state index contributed by atoms with van der Waals surface area (Å²) in [5.41, 5.74) is 1.11. The topological polar surface area (TPSA) is 49.8 Å². The van der Waals surface area contributed by atoms with E-state index in [1.165, 1.54) is 0 Å². The Hall–Kier alpha value is -1.55.